The van der Waals surface area contributed by atoms with Crippen LogP contribution in [0.4, 0.5) is 0 Å². The molecule has 0 aliphatic carbocycles. The summed E-state index contributed by atoms with van der Waals surface area (Å²) in [5, 5.41) is 28.2. The van der Waals surface area contributed by atoms with Crippen molar-refractivity contribution in [2.75, 3.05) is 13.2 Å². The maximum Gasteiger partial charge on any atom is 0.268 e. The van der Waals surface area contributed by atoms with E-state index in [9.17, 15) is 10.1 Å². The van der Waals surface area contributed by atoms with E-state index >= 15 is 0 Å². The molecule has 1 rings (SSSR count). The average molecular weight is 163 g/mol. The summed E-state index contributed by atoms with van der Waals surface area (Å²) in [6, 6.07) is -1.30. The minimum absolute atomic E-state index is 0.0806. The van der Waals surface area contributed by atoms with Gasteiger partial charge < -0.3 is 14.9 Å². The molecule has 1 saturated heterocycles. The Morgan fingerprint density at radius 3 is 2.09 bits per heavy atom. The van der Waals surface area contributed by atoms with Gasteiger partial charge in [-0.2, -0.15) is 0 Å². The van der Waals surface area contributed by atoms with E-state index in [1.54, 1.807) is 0 Å². The highest BCUT2D eigenvalue weighted by molar-refractivity contribution is 4.79. The van der Waals surface area contributed by atoms with Crippen molar-refractivity contribution in [3.05, 3.63) is 10.1 Å². The first-order valence-corrected chi connectivity index (χ1v) is 3.20. The first-order valence-electron chi connectivity index (χ1n) is 3.20. The van der Waals surface area contributed by atoms with Gasteiger partial charge in [0, 0.05) is 4.92 Å². The van der Waals surface area contributed by atoms with Gasteiger partial charge in [0.25, 0.3) is 6.04 Å². The minimum Gasteiger partial charge on any atom is -0.383 e. The van der Waals surface area contributed by atoms with Gasteiger partial charge in [0.05, 0.1) is 13.2 Å². The van der Waals surface area contributed by atoms with Crippen molar-refractivity contribution in [3.63, 3.8) is 0 Å². The van der Waals surface area contributed by atoms with Crippen molar-refractivity contribution < 1.29 is 19.9 Å². The molecule has 0 bridgehead atoms. The monoisotopic (exact) mass is 163 g/mol. The highest BCUT2D eigenvalue weighted by Crippen LogP contribution is 2.11. The summed E-state index contributed by atoms with van der Waals surface area (Å²) >= 11 is 0. The molecule has 2 N–H and O–H groups in total. The lowest BCUT2D eigenvalue weighted by Gasteiger charge is -2.25. The Bertz CT molecular complexity index is 151. The van der Waals surface area contributed by atoms with E-state index in [0.29, 0.717) is 0 Å². The minimum atomic E-state index is -1.30. The topological polar surface area (TPSA) is 92.8 Å². The van der Waals surface area contributed by atoms with Gasteiger partial charge >= 0.3 is 0 Å². The number of ether oxygens (including phenoxy) is 1. The molecule has 0 radical (unpaired) electrons. The molecule has 0 aromatic rings. The standard InChI is InChI=1S/C5H9NO5/c7-3-1-11-2-4(8)5(3)6(9)10/h3-5,7-8H,1-2H2. The van der Waals surface area contributed by atoms with Gasteiger partial charge in [-0.05, 0) is 0 Å². The largest absolute Gasteiger partial charge is 0.383 e. The highest BCUT2D eigenvalue weighted by Gasteiger charge is 2.40. The third kappa shape index (κ3) is 1.65. The van der Waals surface area contributed by atoms with Crippen LogP contribution in [0.15, 0.2) is 0 Å². The third-order valence-electron chi connectivity index (χ3n) is 1.61. The molecule has 0 spiro atoms. The maximum atomic E-state index is 10.2. The van der Waals surface area contributed by atoms with Crippen molar-refractivity contribution in [2.45, 2.75) is 18.2 Å². The van der Waals surface area contributed by atoms with Gasteiger partial charge in [-0.3, -0.25) is 10.1 Å². The van der Waals surface area contributed by atoms with E-state index < -0.39 is 23.2 Å². The Hall–Kier alpha value is -0.720. The Morgan fingerprint density at radius 1 is 1.36 bits per heavy atom. The molecule has 6 heteroatoms. The normalized spacial score (nSPS) is 38.5. The lowest BCUT2D eigenvalue weighted by atomic mass is 10.0. The molecule has 2 atom stereocenters. The molecule has 1 fully saturated rings. The molecule has 0 aromatic heterocycles. The fourth-order valence-electron chi connectivity index (χ4n) is 1.04. The Labute approximate surface area is 62.5 Å². The van der Waals surface area contributed by atoms with Crippen LogP contribution < -0.4 is 0 Å². The van der Waals surface area contributed by atoms with E-state index in [1.165, 1.54) is 0 Å². The lowest BCUT2D eigenvalue weighted by molar-refractivity contribution is -0.552. The molecule has 2 unspecified atom stereocenters. The van der Waals surface area contributed by atoms with Gasteiger partial charge in [-0.1, -0.05) is 0 Å². The first-order chi connectivity index (χ1) is 5.13. The second-order valence-electron chi connectivity index (χ2n) is 2.45. The van der Waals surface area contributed by atoms with Crippen molar-refractivity contribution in [1.29, 1.82) is 0 Å². The van der Waals surface area contributed by atoms with Gasteiger partial charge in [0.2, 0.25) is 0 Å². The number of hydrogen-bond donors (Lipinski definition) is 2. The number of nitro groups is 1. The molecule has 0 saturated carbocycles. The number of hydrogen-bond acceptors (Lipinski definition) is 5. The number of nitrogens with zero attached hydrogens (tertiary/aromatic N) is 1. The van der Waals surface area contributed by atoms with Crippen molar-refractivity contribution in [2.24, 2.45) is 0 Å². The average Bonchev–Trinajstić information content (AvgIpc) is 1.85. The van der Waals surface area contributed by atoms with Crippen molar-refractivity contribution >= 4 is 0 Å². The summed E-state index contributed by atoms with van der Waals surface area (Å²) in [5.41, 5.74) is 0. The van der Waals surface area contributed by atoms with Crippen molar-refractivity contribution in [3.8, 4) is 0 Å². The van der Waals surface area contributed by atoms with Crippen LogP contribution in [-0.4, -0.2) is 46.6 Å². The summed E-state index contributed by atoms with van der Waals surface area (Å²) in [7, 11) is 0. The van der Waals surface area contributed by atoms with Gasteiger partial charge in [0.15, 0.2) is 0 Å². The van der Waals surface area contributed by atoms with Crippen molar-refractivity contribution in [1.82, 2.24) is 0 Å². The molecule has 6 nitrogen and oxygen atoms in total. The molecule has 1 heterocycles. The zero-order chi connectivity index (χ0) is 8.43. The molecule has 1 aliphatic rings. The summed E-state index contributed by atoms with van der Waals surface area (Å²) in [6.45, 7) is -0.161. The molecule has 11 heavy (non-hydrogen) atoms. The molecular formula is C5H9NO5. The quantitative estimate of drug-likeness (QED) is 0.358. The summed E-state index contributed by atoms with van der Waals surface area (Å²) in [4.78, 5) is 9.52. The second-order valence-corrected chi connectivity index (χ2v) is 2.45. The van der Waals surface area contributed by atoms with Crippen LogP contribution in [0.3, 0.4) is 0 Å². The lowest BCUT2D eigenvalue weighted by Crippen LogP contribution is -2.51. The van der Waals surface area contributed by atoms with Crippen LogP contribution in [0.2, 0.25) is 0 Å². The zero-order valence-electron chi connectivity index (χ0n) is 5.71. The number of aliphatic hydroxyl groups is 2. The SMILES string of the molecule is O=[N+]([O-])C1C(O)COCC1O. The number of rotatable bonds is 1. The van der Waals surface area contributed by atoms with E-state index in [1.807, 2.05) is 0 Å². The summed E-state index contributed by atoms with van der Waals surface area (Å²) in [5.74, 6) is 0. The van der Waals surface area contributed by atoms with Crippen LogP contribution >= 0.6 is 0 Å². The van der Waals surface area contributed by atoms with Crippen LogP contribution in [-0.2, 0) is 4.74 Å². The second kappa shape index (κ2) is 3.12. The van der Waals surface area contributed by atoms with Crippen LogP contribution in [0.1, 0.15) is 0 Å². The molecule has 1 aliphatic heterocycles. The third-order valence-corrected chi connectivity index (χ3v) is 1.61. The molecular weight excluding hydrogens is 154 g/mol. The Morgan fingerprint density at radius 2 is 1.82 bits per heavy atom. The van der Waals surface area contributed by atoms with E-state index in [4.69, 9.17) is 10.2 Å². The fraction of sp³-hybridized carbons (Fsp3) is 1.00. The summed E-state index contributed by atoms with van der Waals surface area (Å²) < 4.78 is 4.67. The zero-order valence-corrected chi connectivity index (χ0v) is 5.71. The fourth-order valence-corrected chi connectivity index (χ4v) is 1.04. The first kappa shape index (κ1) is 8.38. The Balaban J connectivity index is 2.62. The predicted octanol–water partition coefficient (Wildman–Crippen LogP) is -1.62. The molecule has 0 amide bonds. The van der Waals surface area contributed by atoms with Crippen LogP contribution in [0.5, 0.6) is 0 Å². The van der Waals surface area contributed by atoms with E-state index in [0.717, 1.165) is 0 Å². The van der Waals surface area contributed by atoms with Gasteiger partial charge in [0.1, 0.15) is 12.2 Å². The van der Waals surface area contributed by atoms with E-state index in [2.05, 4.69) is 4.74 Å². The molecule has 0 aromatic carbocycles. The highest BCUT2D eigenvalue weighted by atomic mass is 16.6. The Kier molecular flexibility index (Phi) is 2.38. The van der Waals surface area contributed by atoms with Gasteiger partial charge in [-0.25, -0.2) is 0 Å². The van der Waals surface area contributed by atoms with Crippen LogP contribution in [0, 0.1) is 10.1 Å². The van der Waals surface area contributed by atoms with Gasteiger partial charge in [-0.15, -0.1) is 0 Å². The smallest absolute Gasteiger partial charge is 0.268 e. The summed E-state index contributed by atoms with van der Waals surface area (Å²) in [6.07, 6.45) is -2.40. The van der Waals surface area contributed by atoms with Crippen LogP contribution in [0.25, 0.3) is 0 Å². The maximum absolute atomic E-state index is 10.2. The van der Waals surface area contributed by atoms with E-state index in [-0.39, 0.29) is 13.2 Å². The molecule has 64 valence electrons. The predicted molar refractivity (Wildman–Crippen MR) is 33.6 cm³/mol. The number of aliphatic hydroxyl groups excluding tert-OH is 2.